The number of carboxylic acids is 1. The normalized spacial score (nSPS) is 12.4. The number of hydrogen-bond donors (Lipinski definition) is 2. The number of aliphatic carboxylic acids is 1. The van der Waals surface area contributed by atoms with Crippen LogP contribution in [0.5, 0.6) is 0 Å². The molecule has 0 fully saturated rings. The van der Waals surface area contributed by atoms with E-state index in [-0.39, 0.29) is 6.42 Å². The van der Waals surface area contributed by atoms with Crippen molar-refractivity contribution in [2.75, 3.05) is 0 Å². The number of aromatic nitrogens is 1. The molecular formula is C14H16N2O3. The van der Waals surface area contributed by atoms with E-state index in [1.165, 1.54) is 0 Å². The molecule has 0 aliphatic carbocycles. The lowest BCUT2D eigenvalue weighted by Gasteiger charge is -2.11. The summed E-state index contributed by atoms with van der Waals surface area (Å²) in [6.45, 7) is 3.72. The van der Waals surface area contributed by atoms with Crippen molar-refractivity contribution in [3.8, 4) is 11.1 Å². The molecule has 5 heteroatoms. The molecule has 0 saturated carbocycles. The van der Waals surface area contributed by atoms with Gasteiger partial charge in [-0.3, -0.25) is 4.79 Å². The lowest BCUT2D eigenvalue weighted by atomic mass is 9.97. The SMILES string of the molecule is Cc1noc(C)c1-c1cccc([C@@H](N)CC(=O)O)c1. The average molecular weight is 260 g/mol. The van der Waals surface area contributed by atoms with Gasteiger partial charge in [-0.2, -0.15) is 0 Å². The Morgan fingerprint density at radius 1 is 1.47 bits per heavy atom. The van der Waals surface area contributed by atoms with E-state index in [1.54, 1.807) is 0 Å². The van der Waals surface area contributed by atoms with E-state index in [4.69, 9.17) is 15.4 Å². The van der Waals surface area contributed by atoms with Crippen LogP contribution in [0.25, 0.3) is 11.1 Å². The maximum atomic E-state index is 10.7. The molecule has 2 aromatic rings. The Morgan fingerprint density at radius 2 is 2.21 bits per heavy atom. The third-order valence-electron chi connectivity index (χ3n) is 3.03. The Bertz CT molecular complexity index is 585. The van der Waals surface area contributed by atoms with E-state index in [0.29, 0.717) is 0 Å². The van der Waals surface area contributed by atoms with Crippen molar-refractivity contribution in [2.24, 2.45) is 5.73 Å². The molecule has 19 heavy (non-hydrogen) atoms. The average Bonchev–Trinajstić information content (AvgIpc) is 2.68. The molecule has 1 aromatic carbocycles. The fraction of sp³-hybridized carbons (Fsp3) is 0.286. The van der Waals surface area contributed by atoms with Crippen LogP contribution in [-0.2, 0) is 4.79 Å². The van der Waals surface area contributed by atoms with Crippen molar-refractivity contribution in [3.05, 3.63) is 41.3 Å². The fourth-order valence-electron chi connectivity index (χ4n) is 2.13. The summed E-state index contributed by atoms with van der Waals surface area (Å²) in [5.41, 5.74) is 9.35. The number of hydrogen-bond acceptors (Lipinski definition) is 4. The maximum Gasteiger partial charge on any atom is 0.305 e. The van der Waals surface area contributed by atoms with E-state index < -0.39 is 12.0 Å². The minimum atomic E-state index is -0.907. The van der Waals surface area contributed by atoms with E-state index in [9.17, 15) is 4.79 Å². The Morgan fingerprint density at radius 3 is 2.79 bits per heavy atom. The third kappa shape index (κ3) is 2.82. The molecule has 0 aliphatic rings. The summed E-state index contributed by atoms with van der Waals surface area (Å²) in [6.07, 6.45) is -0.0922. The number of nitrogens with two attached hydrogens (primary N) is 1. The molecule has 2 rings (SSSR count). The van der Waals surface area contributed by atoms with Gasteiger partial charge < -0.3 is 15.4 Å². The van der Waals surface area contributed by atoms with Gasteiger partial charge in [-0.05, 0) is 31.0 Å². The van der Waals surface area contributed by atoms with Crippen molar-refractivity contribution in [3.63, 3.8) is 0 Å². The zero-order chi connectivity index (χ0) is 14.0. The van der Waals surface area contributed by atoms with Gasteiger partial charge in [0.15, 0.2) is 0 Å². The summed E-state index contributed by atoms with van der Waals surface area (Å²) in [6, 6.07) is 7.00. The monoisotopic (exact) mass is 260 g/mol. The molecule has 0 amide bonds. The summed E-state index contributed by atoms with van der Waals surface area (Å²) in [5.74, 6) is -0.170. The quantitative estimate of drug-likeness (QED) is 0.881. The molecule has 1 atom stereocenters. The van der Waals surface area contributed by atoms with Gasteiger partial charge in [0, 0.05) is 11.6 Å². The van der Waals surface area contributed by atoms with E-state index in [2.05, 4.69) is 5.16 Å². The molecule has 1 aromatic heterocycles. The van der Waals surface area contributed by atoms with E-state index in [0.717, 1.165) is 28.1 Å². The summed E-state index contributed by atoms with van der Waals surface area (Å²) >= 11 is 0. The van der Waals surface area contributed by atoms with Gasteiger partial charge in [0.2, 0.25) is 0 Å². The first-order chi connectivity index (χ1) is 8.99. The molecule has 0 saturated heterocycles. The molecule has 0 unspecified atom stereocenters. The summed E-state index contributed by atoms with van der Waals surface area (Å²) in [7, 11) is 0. The van der Waals surface area contributed by atoms with Gasteiger partial charge in [-0.15, -0.1) is 0 Å². The van der Waals surface area contributed by atoms with E-state index in [1.807, 2.05) is 38.1 Å². The zero-order valence-electron chi connectivity index (χ0n) is 10.9. The van der Waals surface area contributed by atoms with Crippen LogP contribution in [0.3, 0.4) is 0 Å². The highest BCUT2D eigenvalue weighted by atomic mass is 16.5. The highest BCUT2D eigenvalue weighted by molar-refractivity contribution is 5.70. The van der Waals surface area contributed by atoms with Crippen LogP contribution in [-0.4, -0.2) is 16.2 Å². The predicted molar refractivity (Wildman–Crippen MR) is 70.6 cm³/mol. The predicted octanol–water partition coefficient (Wildman–Crippen LogP) is 2.43. The highest BCUT2D eigenvalue weighted by Gasteiger charge is 2.15. The summed E-state index contributed by atoms with van der Waals surface area (Å²) in [5, 5.41) is 12.7. The second-order valence-corrected chi connectivity index (χ2v) is 4.53. The van der Waals surface area contributed by atoms with Gasteiger partial charge in [0.1, 0.15) is 5.76 Å². The van der Waals surface area contributed by atoms with Crippen LogP contribution < -0.4 is 5.73 Å². The standard InChI is InChI=1S/C14H16N2O3/c1-8-14(9(2)19-16-8)11-5-3-4-10(6-11)12(15)7-13(17)18/h3-6,12H,7,15H2,1-2H3,(H,17,18)/t12-/m0/s1. The molecule has 3 N–H and O–H groups in total. The van der Waals surface area contributed by atoms with Gasteiger partial charge in [0.05, 0.1) is 12.1 Å². The third-order valence-corrected chi connectivity index (χ3v) is 3.03. The van der Waals surface area contributed by atoms with Crippen molar-refractivity contribution < 1.29 is 14.4 Å². The Kier molecular flexibility index (Phi) is 3.66. The minimum absolute atomic E-state index is 0.0922. The molecule has 0 radical (unpaired) electrons. The molecule has 1 heterocycles. The number of nitrogens with zero attached hydrogens (tertiary/aromatic N) is 1. The molecule has 0 aliphatic heterocycles. The van der Waals surface area contributed by atoms with Gasteiger partial charge in [-0.1, -0.05) is 23.4 Å². The van der Waals surface area contributed by atoms with Crippen LogP contribution in [0.2, 0.25) is 0 Å². The van der Waals surface area contributed by atoms with Crippen molar-refractivity contribution in [2.45, 2.75) is 26.3 Å². The van der Waals surface area contributed by atoms with Crippen LogP contribution in [0.15, 0.2) is 28.8 Å². The number of rotatable bonds is 4. The molecule has 100 valence electrons. The van der Waals surface area contributed by atoms with Crippen molar-refractivity contribution >= 4 is 5.97 Å². The van der Waals surface area contributed by atoms with Crippen LogP contribution in [0.1, 0.15) is 29.5 Å². The topological polar surface area (TPSA) is 89.4 Å². The molecular weight excluding hydrogens is 244 g/mol. The van der Waals surface area contributed by atoms with Gasteiger partial charge in [-0.25, -0.2) is 0 Å². The number of carboxylic acid groups (broad SMARTS) is 1. The highest BCUT2D eigenvalue weighted by Crippen LogP contribution is 2.28. The zero-order valence-corrected chi connectivity index (χ0v) is 10.9. The van der Waals surface area contributed by atoms with Crippen molar-refractivity contribution in [1.29, 1.82) is 0 Å². The Labute approximate surface area is 111 Å². The lowest BCUT2D eigenvalue weighted by molar-refractivity contribution is -0.137. The second-order valence-electron chi connectivity index (χ2n) is 4.53. The van der Waals surface area contributed by atoms with Crippen LogP contribution in [0.4, 0.5) is 0 Å². The van der Waals surface area contributed by atoms with Crippen LogP contribution >= 0.6 is 0 Å². The smallest absolute Gasteiger partial charge is 0.305 e. The molecule has 0 bridgehead atoms. The first-order valence-electron chi connectivity index (χ1n) is 5.99. The van der Waals surface area contributed by atoms with Gasteiger partial charge in [0.25, 0.3) is 0 Å². The Hall–Kier alpha value is -2.14. The molecule has 5 nitrogen and oxygen atoms in total. The first kappa shape index (κ1) is 13.3. The lowest BCUT2D eigenvalue weighted by Crippen LogP contribution is -2.14. The van der Waals surface area contributed by atoms with Crippen molar-refractivity contribution in [1.82, 2.24) is 5.16 Å². The summed E-state index contributed by atoms with van der Waals surface area (Å²) < 4.78 is 5.14. The van der Waals surface area contributed by atoms with E-state index >= 15 is 0 Å². The number of benzene rings is 1. The van der Waals surface area contributed by atoms with Gasteiger partial charge >= 0.3 is 5.97 Å². The Balaban J connectivity index is 2.37. The number of aryl methyl sites for hydroxylation is 2. The first-order valence-corrected chi connectivity index (χ1v) is 5.99. The molecule has 0 spiro atoms. The number of carbonyl (C=O) groups is 1. The largest absolute Gasteiger partial charge is 0.481 e. The van der Waals surface area contributed by atoms with Crippen LogP contribution in [0, 0.1) is 13.8 Å². The minimum Gasteiger partial charge on any atom is -0.481 e. The second kappa shape index (κ2) is 5.24. The summed E-state index contributed by atoms with van der Waals surface area (Å²) in [4.78, 5) is 10.7. The fourth-order valence-corrected chi connectivity index (χ4v) is 2.13. The maximum absolute atomic E-state index is 10.7.